The van der Waals surface area contributed by atoms with Crippen molar-refractivity contribution >= 4 is 16.2 Å². The first kappa shape index (κ1) is 14.9. The molecule has 1 aromatic rings. The second-order valence-corrected chi connectivity index (χ2v) is 6.43. The third-order valence-electron chi connectivity index (χ3n) is 3.15. The monoisotopic (exact) mass is 303 g/mol. The molecule has 9 heteroatoms. The minimum atomic E-state index is -3.85. The van der Waals surface area contributed by atoms with Crippen LogP contribution in [0.25, 0.3) is 0 Å². The van der Waals surface area contributed by atoms with Crippen molar-refractivity contribution in [3.63, 3.8) is 0 Å². The molecular weight excluding hydrogens is 286 g/mol. The minimum absolute atomic E-state index is 0.0496. The lowest BCUT2D eigenvalue weighted by Crippen LogP contribution is -2.51. The number of nitrogens with one attached hydrogen (secondary N) is 1. The van der Waals surface area contributed by atoms with E-state index in [9.17, 15) is 13.2 Å². The Morgan fingerprint density at radius 1 is 1.60 bits per heavy atom. The quantitative estimate of drug-likeness (QED) is 0.806. The fraction of sp³-hybridized carbons (Fsp3) is 0.636. The molecule has 0 saturated carbocycles. The number of carbonyl (C=O) groups is 1. The van der Waals surface area contributed by atoms with Crippen LogP contribution in [-0.2, 0) is 21.5 Å². The number of rotatable bonds is 5. The Labute approximate surface area is 116 Å². The van der Waals surface area contributed by atoms with Gasteiger partial charge in [0.05, 0.1) is 12.2 Å². The predicted molar refractivity (Wildman–Crippen MR) is 69.0 cm³/mol. The van der Waals surface area contributed by atoms with Crippen LogP contribution in [0.1, 0.15) is 30.7 Å². The SMILES string of the molecule is Cc1cc(CNS(=O)(=O)N2CCCCC2C(=O)O)on1. The van der Waals surface area contributed by atoms with E-state index in [1.165, 1.54) is 0 Å². The normalized spacial score (nSPS) is 20.9. The average Bonchev–Trinajstić information content (AvgIpc) is 2.82. The summed E-state index contributed by atoms with van der Waals surface area (Å²) in [4.78, 5) is 11.1. The molecule has 0 spiro atoms. The Morgan fingerprint density at radius 2 is 2.35 bits per heavy atom. The topological polar surface area (TPSA) is 113 Å². The molecule has 1 aliphatic heterocycles. The van der Waals surface area contributed by atoms with Gasteiger partial charge in [-0.2, -0.15) is 17.4 Å². The van der Waals surface area contributed by atoms with Crippen molar-refractivity contribution in [1.82, 2.24) is 14.2 Å². The van der Waals surface area contributed by atoms with Gasteiger partial charge >= 0.3 is 5.97 Å². The van der Waals surface area contributed by atoms with Crippen molar-refractivity contribution in [2.45, 2.75) is 38.8 Å². The van der Waals surface area contributed by atoms with E-state index in [1.54, 1.807) is 13.0 Å². The maximum atomic E-state index is 12.2. The lowest BCUT2D eigenvalue weighted by molar-refractivity contribution is -0.142. The van der Waals surface area contributed by atoms with Crippen molar-refractivity contribution in [2.24, 2.45) is 0 Å². The van der Waals surface area contributed by atoms with Crippen LogP contribution >= 0.6 is 0 Å². The van der Waals surface area contributed by atoms with Gasteiger partial charge in [-0.05, 0) is 26.2 Å². The molecule has 0 aliphatic carbocycles. The van der Waals surface area contributed by atoms with Crippen molar-refractivity contribution in [3.05, 3.63) is 17.5 Å². The number of hydrogen-bond acceptors (Lipinski definition) is 5. The molecule has 1 saturated heterocycles. The van der Waals surface area contributed by atoms with Gasteiger partial charge in [0, 0.05) is 12.6 Å². The lowest BCUT2D eigenvalue weighted by atomic mass is 10.1. The first-order valence-electron chi connectivity index (χ1n) is 6.31. The van der Waals surface area contributed by atoms with Gasteiger partial charge in [-0.1, -0.05) is 5.16 Å². The van der Waals surface area contributed by atoms with Crippen LogP contribution in [0.5, 0.6) is 0 Å². The Bertz CT molecular complexity index is 583. The van der Waals surface area contributed by atoms with Crippen LogP contribution in [0.3, 0.4) is 0 Å². The molecule has 0 radical (unpaired) electrons. The number of aromatic nitrogens is 1. The second-order valence-electron chi connectivity index (χ2n) is 4.72. The highest BCUT2D eigenvalue weighted by Gasteiger charge is 2.36. The summed E-state index contributed by atoms with van der Waals surface area (Å²) >= 11 is 0. The number of piperidine rings is 1. The first-order chi connectivity index (χ1) is 9.40. The van der Waals surface area contributed by atoms with Crippen LogP contribution in [0.2, 0.25) is 0 Å². The van der Waals surface area contributed by atoms with Gasteiger partial charge in [-0.15, -0.1) is 0 Å². The summed E-state index contributed by atoms with van der Waals surface area (Å²) in [6, 6.07) is 0.616. The van der Waals surface area contributed by atoms with Gasteiger partial charge in [0.2, 0.25) is 0 Å². The molecule has 2 rings (SSSR count). The Kier molecular flexibility index (Phi) is 4.41. The molecule has 1 fully saturated rings. The molecule has 0 bridgehead atoms. The van der Waals surface area contributed by atoms with E-state index in [2.05, 4.69) is 9.88 Å². The van der Waals surface area contributed by atoms with E-state index in [1.807, 2.05) is 0 Å². The summed E-state index contributed by atoms with van der Waals surface area (Å²) < 4.78 is 32.6. The number of carboxylic acids is 1. The molecule has 1 aromatic heterocycles. The van der Waals surface area contributed by atoms with Gasteiger partial charge in [-0.25, -0.2) is 0 Å². The zero-order valence-corrected chi connectivity index (χ0v) is 11.9. The van der Waals surface area contributed by atoms with E-state index in [-0.39, 0.29) is 13.1 Å². The van der Waals surface area contributed by atoms with Gasteiger partial charge < -0.3 is 9.63 Å². The Balaban J connectivity index is 2.06. The van der Waals surface area contributed by atoms with Crippen LogP contribution in [-0.4, -0.2) is 41.5 Å². The maximum absolute atomic E-state index is 12.2. The highest BCUT2D eigenvalue weighted by atomic mass is 32.2. The van der Waals surface area contributed by atoms with Crippen LogP contribution in [0.4, 0.5) is 0 Å². The van der Waals surface area contributed by atoms with Crippen molar-refractivity contribution in [3.8, 4) is 0 Å². The predicted octanol–water partition coefficient (Wildman–Crippen LogP) is 0.257. The van der Waals surface area contributed by atoms with E-state index in [4.69, 9.17) is 9.63 Å². The number of aryl methyl sites for hydroxylation is 1. The minimum Gasteiger partial charge on any atom is -0.480 e. The summed E-state index contributed by atoms with van der Waals surface area (Å²) in [7, 11) is -3.85. The van der Waals surface area contributed by atoms with Crippen LogP contribution < -0.4 is 4.72 Å². The van der Waals surface area contributed by atoms with Gasteiger partial charge in [0.25, 0.3) is 10.2 Å². The van der Waals surface area contributed by atoms with Gasteiger partial charge in [0.1, 0.15) is 6.04 Å². The number of aliphatic carboxylic acids is 1. The third kappa shape index (κ3) is 3.35. The van der Waals surface area contributed by atoms with Crippen LogP contribution in [0.15, 0.2) is 10.6 Å². The van der Waals surface area contributed by atoms with Crippen molar-refractivity contribution in [1.29, 1.82) is 0 Å². The maximum Gasteiger partial charge on any atom is 0.322 e. The van der Waals surface area contributed by atoms with Crippen molar-refractivity contribution in [2.75, 3.05) is 6.54 Å². The molecule has 0 amide bonds. The average molecular weight is 303 g/mol. The fourth-order valence-corrected chi connectivity index (χ4v) is 3.57. The largest absolute Gasteiger partial charge is 0.480 e. The molecule has 1 atom stereocenters. The standard InChI is InChI=1S/C11H17N3O5S/c1-8-6-9(19-13-8)7-12-20(17,18)14-5-3-2-4-10(14)11(15)16/h6,10,12H,2-5,7H2,1H3,(H,15,16). The molecule has 1 unspecified atom stereocenters. The fourth-order valence-electron chi connectivity index (χ4n) is 2.18. The summed E-state index contributed by atoms with van der Waals surface area (Å²) in [5.74, 6) is -0.736. The lowest BCUT2D eigenvalue weighted by Gasteiger charge is -2.31. The summed E-state index contributed by atoms with van der Waals surface area (Å²) in [6.07, 6.45) is 1.70. The second kappa shape index (κ2) is 5.90. The Hall–Kier alpha value is -1.45. The molecular formula is C11H17N3O5S. The number of hydrogen-bond donors (Lipinski definition) is 2. The smallest absolute Gasteiger partial charge is 0.322 e. The molecule has 0 aromatic carbocycles. The zero-order valence-electron chi connectivity index (χ0n) is 11.1. The van der Waals surface area contributed by atoms with E-state index in [0.717, 1.165) is 4.31 Å². The first-order valence-corrected chi connectivity index (χ1v) is 7.75. The number of nitrogens with zero attached hydrogens (tertiary/aromatic N) is 2. The molecule has 20 heavy (non-hydrogen) atoms. The van der Waals surface area contributed by atoms with Gasteiger partial charge in [-0.3, -0.25) is 4.79 Å². The van der Waals surface area contributed by atoms with E-state index < -0.39 is 22.2 Å². The summed E-state index contributed by atoms with van der Waals surface area (Å²) in [5, 5.41) is 12.8. The highest BCUT2D eigenvalue weighted by Crippen LogP contribution is 2.20. The zero-order chi connectivity index (χ0) is 14.8. The summed E-state index contributed by atoms with van der Waals surface area (Å²) in [5.41, 5.74) is 0.653. The molecule has 8 nitrogen and oxygen atoms in total. The summed E-state index contributed by atoms with van der Waals surface area (Å²) in [6.45, 7) is 1.89. The molecule has 2 N–H and O–H groups in total. The molecule has 1 aliphatic rings. The highest BCUT2D eigenvalue weighted by molar-refractivity contribution is 7.87. The van der Waals surface area contributed by atoms with E-state index in [0.29, 0.717) is 30.7 Å². The Morgan fingerprint density at radius 3 is 2.95 bits per heavy atom. The van der Waals surface area contributed by atoms with Gasteiger partial charge in [0.15, 0.2) is 5.76 Å². The molecule has 112 valence electrons. The van der Waals surface area contributed by atoms with Crippen LogP contribution in [0, 0.1) is 6.92 Å². The number of carboxylic acid groups (broad SMARTS) is 1. The third-order valence-corrected chi connectivity index (χ3v) is 4.72. The van der Waals surface area contributed by atoms with Crippen molar-refractivity contribution < 1.29 is 22.8 Å². The van der Waals surface area contributed by atoms with E-state index >= 15 is 0 Å². The molecule has 2 heterocycles.